The molecule has 106 valence electrons. The predicted octanol–water partition coefficient (Wildman–Crippen LogP) is -0.674. The van der Waals surface area contributed by atoms with Crippen LogP contribution in [0.3, 0.4) is 0 Å². The first-order valence-corrected chi connectivity index (χ1v) is 6.80. The quantitative estimate of drug-likeness (QED) is 0.717. The summed E-state index contributed by atoms with van der Waals surface area (Å²) >= 11 is 0. The van der Waals surface area contributed by atoms with Crippen molar-refractivity contribution in [3.8, 4) is 0 Å². The van der Waals surface area contributed by atoms with Crippen LogP contribution >= 0.6 is 0 Å². The van der Waals surface area contributed by atoms with Gasteiger partial charge in [0.05, 0.1) is 12.7 Å². The number of carbonyl (C=O) groups is 1. The molecule has 0 aromatic carbocycles. The standard InChI is InChI=1S/C13H23N5O/c1-16-5-7-18(8-6-16)13(19)10-14-4-3-12-9-15-17(2)11-12/h9,11,14H,3-8,10H2,1-2H3. The van der Waals surface area contributed by atoms with Gasteiger partial charge in [0, 0.05) is 39.4 Å². The Bertz CT molecular complexity index is 409. The van der Waals surface area contributed by atoms with E-state index >= 15 is 0 Å². The van der Waals surface area contributed by atoms with Gasteiger partial charge in [0.25, 0.3) is 0 Å². The maximum Gasteiger partial charge on any atom is 0.236 e. The van der Waals surface area contributed by atoms with Gasteiger partial charge in [-0.05, 0) is 25.6 Å². The molecular formula is C13H23N5O. The lowest BCUT2D eigenvalue weighted by atomic mass is 10.2. The first-order valence-electron chi connectivity index (χ1n) is 6.80. The van der Waals surface area contributed by atoms with E-state index in [9.17, 15) is 4.79 Å². The Hall–Kier alpha value is -1.40. The van der Waals surface area contributed by atoms with E-state index in [0.29, 0.717) is 6.54 Å². The van der Waals surface area contributed by atoms with E-state index in [1.165, 1.54) is 5.56 Å². The molecule has 1 aromatic rings. The second kappa shape index (κ2) is 6.68. The molecule has 0 radical (unpaired) electrons. The fourth-order valence-corrected chi connectivity index (χ4v) is 2.20. The van der Waals surface area contributed by atoms with Gasteiger partial charge in [0.1, 0.15) is 0 Å². The summed E-state index contributed by atoms with van der Waals surface area (Å²) in [5, 5.41) is 7.33. The Balaban J connectivity index is 1.61. The Morgan fingerprint density at radius 2 is 2.05 bits per heavy atom. The molecule has 1 aliphatic rings. The minimum absolute atomic E-state index is 0.208. The lowest BCUT2D eigenvalue weighted by Gasteiger charge is -2.32. The normalized spacial score (nSPS) is 16.8. The highest BCUT2D eigenvalue weighted by atomic mass is 16.2. The Kier molecular flexibility index (Phi) is 4.93. The number of hydrogen-bond acceptors (Lipinski definition) is 4. The molecule has 6 nitrogen and oxygen atoms in total. The molecule has 0 bridgehead atoms. The zero-order valence-electron chi connectivity index (χ0n) is 11.8. The lowest BCUT2D eigenvalue weighted by Crippen LogP contribution is -2.49. The van der Waals surface area contributed by atoms with Crippen LogP contribution in [0.15, 0.2) is 12.4 Å². The molecule has 0 atom stereocenters. The molecule has 1 aliphatic heterocycles. The van der Waals surface area contributed by atoms with Crippen LogP contribution in [0.2, 0.25) is 0 Å². The molecule has 1 N–H and O–H groups in total. The van der Waals surface area contributed by atoms with Crippen molar-refractivity contribution in [1.29, 1.82) is 0 Å². The van der Waals surface area contributed by atoms with Gasteiger partial charge in [0.15, 0.2) is 0 Å². The summed E-state index contributed by atoms with van der Waals surface area (Å²) in [6.45, 7) is 4.89. The fourth-order valence-electron chi connectivity index (χ4n) is 2.20. The van der Waals surface area contributed by atoms with Crippen molar-refractivity contribution in [1.82, 2.24) is 24.9 Å². The number of aryl methyl sites for hydroxylation is 1. The molecule has 1 aromatic heterocycles. The molecule has 1 amide bonds. The zero-order chi connectivity index (χ0) is 13.7. The van der Waals surface area contributed by atoms with E-state index in [1.807, 2.05) is 24.3 Å². The van der Waals surface area contributed by atoms with Crippen LogP contribution in [-0.4, -0.2) is 71.8 Å². The molecular weight excluding hydrogens is 242 g/mol. The maximum absolute atomic E-state index is 11.9. The number of nitrogens with zero attached hydrogens (tertiary/aromatic N) is 4. The third-order valence-corrected chi connectivity index (χ3v) is 3.48. The summed E-state index contributed by atoms with van der Waals surface area (Å²) in [4.78, 5) is 16.1. The molecule has 0 unspecified atom stereocenters. The summed E-state index contributed by atoms with van der Waals surface area (Å²) < 4.78 is 1.80. The third kappa shape index (κ3) is 4.33. The van der Waals surface area contributed by atoms with Crippen molar-refractivity contribution in [2.24, 2.45) is 7.05 Å². The molecule has 2 heterocycles. The Morgan fingerprint density at radius 3 is 2.68 bits per heavy atom. The molecule has 0 saturated carbocycles. The van der Waals surface area contributed by atoms with Crippen LogP contribution < -0.4 is 5.32 Å². The van der Waals surface area contributed by atoms with Crippen LogP contribution in [-0.2, 0) is 18.3 Å². The third-order valence-electron chi connectivity index (χ3n) is 3.48. The van der Waals surface area contributed by atoms with Crippen molar-refractivity contribution in [3.63, 3.8) is 0 Å². The van der Waals surface area contributed by atoms with Gasteiger partial charge in [-0.3, -0.25) is 9.48 Å². The van der Waals surface area contributed by atoms with Crippen LogP contribution in [0.5, 0.6) is 0 Å². The van der Waals surface area contributed by atoms with E-state index in [-0.39, 0.29) is 5.91 Å². The second-order valence-corrected chi connectivity index (χ2v) is 5.13. The SMILES string of the molecule is CN1CCN(C(=O)CNCCc2cnn(C)c2)CC1. The summed E-state index contributed by atoms with van der Waals surface area (Å²) in [5.74, 6) is 0.208. The first kappa shape index (κ1) is 14.0. The summed E-state index contributed by atoms with van der Waals surface area (Å²) in [5.41, 5.74) is 1.20. The lowest BCUT2D eigenvalue weighted by molar-refractivity contribution is -0.131. The van der Waals surface area contributed by atoms with Crippen molar-refractivity contribution >= 4 is 5.91 Å². The molecule has 19 heavy (non-hydrogen) atoms. The van der Waals surface area contributed by atoms with E-state index < -0.39 is 0 Å². The smallest absolute Gasteiger partial charge is 0.236 e. The minimum Gasteiger partial charge on any atom is -0.339 e. The number of nitrogens with one attached hydrogen (secondary N) is 1. The molecule has 1 fully saturated rings. The van der Waals surface area contributed by atoms with E-state index in [0.717, 1.165) is 39.1 Å². The first-order chi connectivity index (χ1) is 9.15. The summed E-state index contributed by atoms with van der Waals surface area (Å²) in [7, 11) is 4.00. The molecule has 0 aliphatic carbocycles. The van der Waals surface area contributed by atoms with Gasteiger partial charge in [-0.2, -0.15) is 5.10 Å². The van der Waals surface area contributed by atoms with Crippen molar-refractivity contribution in [2.75, 3.05) is 46.3 Å². The number of hydrogen-bond donors (Lipinski definition) is 1. The van der Waals surface area contributed by atoms with Crippen LogP contribution in [0.4, 0.5) is 0 Å². The highest BCUT2D eigenvalue weighted by Crippen LogP contribution is 1.99. The summed E-state index contributed by atoms with van der Waals surface area (Å²) in [6.07, 6.45) is 4.78. The number of piperazine rings is 1. The number of aromatic nitrogens is 2. The largest absolute Gasteiger partial charge is 0.339 e. The van der Waals surface area contributed by atoms with Gasteiger partial charge >= 0.3 is 0 Å². The molecule has 0 spiro atoms. The van der Waals surface area contributed by atoms with Crippen LogP contribution in [0, 0.1) is 0 Å². The second-order valence-electron chi connectivity index (χ2n) is 5.13. The van der Waals surface area contributed by atoms with Gasteiger partial charge in [-0.25, -0.2) is 0 Å². The number of rotatable bonds is 5. The number of carbonyl (C=O) groups excluding carboxylic acids is 1. The van der Waals surface area contributed by atoms with Crippen molar-refractivity contribution in [3.05, 3.63) is 18.0 Å². The Labute approximate surface area is 114 Å². The summed E-state index contributed by atoms with van der Waals surface area (Å²) in [6, 6.07) is 0. The Morgan fingerprint density at radius 1 is 1.32 bits per heavy atom. The van der Waals surface area contributed by atoms with Gasteiger partial charge in [-0.15, -0.1) is 0 Å². The van der Waals surface area contributed by atoms with Crippen molar-refractivity contribution < 1.29 is 4.79 Å². The number of likely N-dealkylation sites (N-methyl/N-ethyl adjacent to an activating group) is 1. The molecule has 2 rings (SSSR count). The minimum atomic E-state index is 0.208. The van der Waals surface area contributed by atoms with E-state index in [1.54, 1.807) is 4.68 Å². The fraction of sp³-hybridized carbons (Fsp3) is 0.692. The topological polar surface area (TPSA) is 53.4 Å². The zero-order valence-corrected chi connectivity index (χ0v) is 11.8. The van der Waals surface area contributed by atoms with E-state index in [4.69, 9.17) is 0 Å². The van der Waals surface area contributed by atoms with Gasteiger partial charge in [-0.1, -0.05) is 0 Å². The maximum atomic E-state index is 11.9. The van der Waals surface area contributed by atoms with Crippen LogP contribution in [0.1, 0.15) is 5.56 Å². The average molecular weight is 265 g/mol. The highest BCUT2D eigenvalue weighted by molar-refractivity contribution is 5.78. The molecule has 1 saturated heterocycles. The van der Waals surface area contributed by atoms with Gasteiger partial charge < -0.3 is 15.1 Å². The van der Waals surface area contributed by atoms with Crippen molar-refractivity contribution in [2.45, 2.75) is 6.42 Å². The molecule has 6 heteroatoms. The predicted molar refractivity (Wildman–Crippen MR) is 73.9 cm³/mol. The van der Waals surface area contributed by atoms with E-state index in [2.05, 4.69) is 22.4 Å². The van der Waals surface area contributed by atoms with Crippen LogP contribution in [0.25, 0.3) is 0 Å². The van der Waals surface area contributed by atoms with Gasteiger partial charge in [0.2, 0.25) is 5.91 Å². The average Bonchev–Trinajstić information content (AvgIpc) is 2.81. The monoisotopic (exact) mass is 265 g/mol. The highest BCUT2D eigenvalue weighted by Gasteiger charge is 2.18. The number of amides is 1.